The molecule has 96 valence electrons. The fourth-order valence-corrected chi connectivity index (χ4v) is 2.13. The monoisotopic (exact) mass is 312 g/mol. The summed E-state index contributed by atoms with van der Waals surface area (Å²) in [6, 6.07) is 4.46. The number of carboxylic acids is 1. The molecule has 0 spiro atoms. The van der Waals surface area contributed by atoms with Crippen molar-refractivity contribution < 1.29 is 14.7 Å². The van der Waals surface area contributed by atoms with E-state index < -0.39 is 11.5 Å². The Morgan fingerprint density at radius 1 is 1.39 bits per heavy atom. The number of rotatable bonds is 3. The lowest BCUT2D eigenvalue weighted by molar-refractivity contribution is -0.123. The molecule has 2 rings (SSSR count). The number of carbonyl (C=O) groups excluding carboxylic acids is 1. The number of hydrogen-bond donors (Lipinski definition) is 3. The normalized spacial score (nSPS) is 16.8. The Bertz CT molecular complexity index is 512. The Hall–Kier alpha value is -1.40. The second-order valence-corrected chi connectivity index (χ2v) is 5.32. The van der Waals surface area contributed by atoms with Gasteiger partial charge in [-0.25, -0.2) is 4.79 Å². The molecule has 1 aromatic rings. The van der Waals surface area contributed by atoms with Crippen molar-refractivity contribution in [3.8, 4) is 0 Å². The van der Waals surface area contributed by atoms with E-state index >= 15 is 0 Å². The quantitative estimate of drug-likeness (QED) is 0.795. The van der Waals surface area contributed by atoms with Crippen LogP contribution in [0.3, 0.4) is 0 Å². The molecular formula is C12H13BrN2O3. The number of anilines is 1. The molecule has 1 saturated carbocycles. The predicted molar refractivity (Wildman–Crippen MR) is 70.5 cm³/mol. The molecule has 1 fully saturated rings. The molecule has 1 aliphatic carbocycles. The van der Waals surface area contributed by atoms with E-state index in [0.717, 1.165) is 6.42 Å². The van der Waals surface area contributed by atoms with Crippen molar-refractivity contribution in [2.75, 3.05) is 5.32 Å². The van der Waals surface area contributed by atoms with Gasteiger partial charge in [0.05, 0.1) is 16.8 Å². The van der Waals surface area contributed by atoms with E-state index in [0.29, 0.717) is 23.0 Å². The lowest BCUT2D eigenvalue weighted by Crippen LogP contribution is -2.56. The minimum Gasteiger partial charge on any atom is -0.478 e. The molecule has 0 radical (unpaired) electrons. The van der Waals surface area contributed by atoms with E-state index in [9.17, 15) is 9.59 Å². The summed E-state index contributed by atoms with van der Waals surface area (Å²) in [4.78, 5) is 22.8. The average molecular weight is 313 g/mol. The fraction of sp³-hybridized carbons (Fsp3) is 0.333. The summed E-state index contributed by atoms with van der Waals surface area (Å²) in [6.07, 6.45) is 2.27. The summed E-state index contributed by atoms with van der Waals surface area (Å²) in [5, 5.41) is 11.6. The van der Waals surface area contributed by atoms with Crippen LogP contribution in [0.15, 0.2) is 22.7 Å². The largest absolute Gasteiger partial charge is 0.478 e. The summed E-state index contributed by atoms with van der Waals surface area (Å²) >= 11 is 3.27. The Morgan fingerprint density at radius 2 is 2.06 bits per heavy atom. The molecule has 5 nitrogen and oxygen atoms in total. The van der Waals surface area contributed by atoms with Crippen LogP contribution in [0, 0.1) is 0 Å². The molecule has 18 heavy (non-hydrogen) atoms. The summed E-state index contributed by atoms with van der Waals surface area (Å²) in [5.74, 6) is -1.30. The number of carboxylic acid groups (broad SMARTS) is 1. The van der Waals surface area contributed by atoms with Gasteiger partial charge in [0.25, 0.3) is 0 Å². The predicted octanol–water partition coefficient (Wildman–Crippen LogP) is 1.97. The standard InChI is InChI=1S/C12H13BrN2O3/c13-8-3-2-7(10(16)17)6-9(8)15-11(18)12(14)4-1-5-12/h2-3,6H,1,4-5,14H2,(H,15,18)(H,16,17). The molecule has 0 bridgehead atoms. The van der Waals surface area contributed by atoms with E-state index in [4.69, 9.17) is 10.8 Å². The molecule has 6 heteroatoms. The van der Waals surface area contributed by atoms with Crippen LogP contribution in [-0.2, 0) is 4.79 Å². The number of nitrogens with one attached hydrogen (secondary N) is 1. The van der Waals surface area contributed by atoms with Crippen molar-refractivity contribution in [1.82, 2.24) is 0 Å². The maximum Gasteiger partial charge on any atom is 0.335 e. The van der Waals surface area contributed by atoms with Crippen LogP contribution in [0.4, 0.5) is 5.69 Å². The van der Waals surface area contributed by atoms with Crippen LogP contribution in [0.2, 0.25) is 0 Å². The molecule has 0 saturated heterocycles. The molecule has 0 aliphatic heterocycles. The van der Waals surface area contributed by atoms with Gasteiger partial charge >= 0.3 is 5.97 Å². The van der Waals surface area contributed by atoms with Crippen molar-refractivity contribution in [1.29, 1.82) is 0 Å². The van der Waals surface area contributed by atoms with E-state index in [-0.39, 0.29) is 11.5 Å². The third-order valence-corrected chi connectivity index (χ3v) is 3.85. The number of aromatic carboxylic acids is 1. The van der Waals surface area contributed by atoms with Gasteiger partial charge in [0.15, 0.2) is 0 Å². The average Bonchev–Trinajstić information content (AvgIpc) is 2.28. The first-order chi connectivity index (χ1) is 8.42. The van der Waals surface area contributed by atoms with Crippen LogP contribution in [0.25, 0.3) is 0 Å². The molecule has 1 amide bonds. The van der Waals surface area contributed by atoms with Crippen molar-refractivity contribution in [3.63, 3.8) is 0 Å². The number of nitrogens with two attached hydrogens (primary N) is 1. The van der Waals surface area contributed by atoms with Crippen LogP contribution in [0.5, 0.6) is 0 Å². The SMILES string of the molecule is NC1(C(=O)Nc2cc(C(=O)O)ccc2Br)CCC1. The number of amides is 1. The zero-order valence-electron chi connectivity index (χ0n) is 9.57. The van der Waals surface area contributed by atoms with Crippen molar-refractivity contribution >= 4 is 33.5 Å². The number of benzene rings is 1. The van der Waals surface area contributed by atoms with E-state index in [1.54, 1.807) is 6.07 Å². The van der Waals surface area contributed by atoms with Gasteiger partial charge < -0.3 is 16.2 Å². The van der Waals surface area contributed by atoms with Gasteiger partial charge in [-0.2, -0.15) is 0 Å². The highest BCUT2D eigenvalue weighted by Gasteiger charge is 2.40. The smallest absolute Gasteiger partial charge is 0.335 e. The zero-order valence-corrected chi connectivity index (χ0v) is 11.2. The molecule has 0 heterocycles. The minimum atomic E-state index is -1.04. The molecule has 4 N–H and O–H groups in total. The van der Waals surface area contributed by atoms with Crippen molar-refractivity contribution in [2.45, 2.75) is 24.8 Å². The van der Waals surface area contributed by atoms with Crippen LogP contribution in [-0.4, -0.2) is 22.5 Å². The second kappa shape index (κ2) is 4.70. The van der Waals surface area contributed by atoms with Gasteiger partial charge in [0.1, 0.15) is 0 Å². The lowest BCUT2D eigenvalue weighted by atomic mass is 9.77. The van der Waals surface area contributed by atoms with Gasteiger partial charge in [-0.05, 0) is 53.4 Å². The van der Waals surface area contributed by atoms with E-state index in [1.165, 1.54) is 12.1 Å². The Balaban J connectivity index is 2.20. The molecule has 0 aromatic heterocycles. The Labute approximate surface area is 112 Å². The van der Waals surface area contributed by atoms with Crippen LogP contribution in [0.1, 0.15) is 29.6 Å². The highest BCUT2D eigenvalue weighted by molar-refractivity contribution is 9.10. The summed E-state index contributed by atoms with van der Waals surface area (Å²) in [7, 11) is 0. The first-order valence-corrected chi connectivity index (χ1v) is 6.35. The van der Waals surface area contributed by atoms with Gasteiger partial charge in [-0.3, -0.25) is 4.79 Å². The first-order valence-electron chi connectivity index (χ1n) is 5.55. The molecule has 1 aliphatic rings. The van der Waals surface area contributed by atoms with Crippen LogP contribution < -0.4 is 11.1 Å². The van der Waals surface area contributed by atoms with Gasteiger partial charge in [0.2, 0.25) is 5.91 Å². The highest BCUT2D eigenvalue weighted by Crippen LogP contribution is 2.31. The van der Waals surface area contributed by atoms with E-state index in [2.05, 4.69) is 21.2 Å². The van der Waals surface area contributed by atoms with Gasteiger partial charge in [0, 0.05) is 4.47 Å². The Morgan fingerprint density at radius 3 is 2.56 bits per heavy atom. The molecule has 0 atom stereocenters. The van der Waals surface area contributed by atoms with Crippen molar-refractivity contribution in [3.05, 3.63) is 28.2 Å². The van der Waals surface area contributed by atoms with Crippen LogP contribution >= 0.6 is 15.9 Å². The summed E-state index contributed by atoms with van der Waals surface area (Å²) < 4.78 is 0.628. The summed E-state index contributed by atoms with van der Waals surface area (Å²) in [5.41, 5.74) is 5.64. The molecular weight excluding hydrogens is 300 g/mol. The molecule has 1 aromatic carbocycles. The highest BCUT2D eigenvalue weighted by atomic mass is 79.9. The topological polar surface area (TPSA) is 92.4 Å². The van der Waals surface area contributed by atoms with Gasteiger partial charge in [-0.1, -0.05) is 0 Å². The fourth-order valence-electron chi connectivity index (χ4n) is 1.79. The first kappa shape index (κ1) is 13.0. The third-order valence-electron chi connectivity index (χ3n) is 3.16. The zero-order chi connectivity index (χ0) is 13.3. The number of carbonyl (C=O) groups is 2. The third kappa shape index (κ3) is 2.39. The molecule has 0 unspecified atom stereocenters. The maximum absolute atomic E-state index is 11.9. The lowest BCUT2D eigenvalue weighted by Gasteiger charge is -2.36. The van der Waals surface area contributed by atoms with Crippen molar-refractivity contribution in [2.24, 2.45) is 5.73 Å². The van der Waals surface area contributed by atoms with E-state index in [1.807, 2.05) is 0 Å². The second-order valence-electron chi connectivity index (χ2n) is 4.46. The Kier molecular flexibility index (Phi) is 3.41. The number of hydrogen-bond acceptors (Lipinski definition) is 3. The summed E-state index contributed by atoms with van der Waals surface area (Å²) in [6.45, 7) is 0. The number of halogens is 1. The minimum absolute atomic E-state index is 0.119. The van der Waals surface area contributed by atoms with Gasteiger partial charge in [-0.15, -0.1) is 0 Å². The maximum atomic E-state index is 11.9.